The Morgan fingerprint density at radius 1 is 1.21 bits per heavy atom. The highest BCUT2D eigenvalue weighted by Gasteiger charge is 2.34. The molecular formula is C15H21N3O. The van der Waals surface area contributed by atoms with E-state index in [2.05, 4.69) is 5.32 Å². The first-order chi connectivity index (χ1) is 9.22. The van der Waals surface area contributed by atoms with Crippen LogP contribution in [0.3, 0.4) is 0 Å². The highest BCUT2D eigenvalue weighted by molar-refractivity contribution is 5.75. The number of hydrogen-bond donors (Lipinski definition) is 2. The second-order valence-electron chi connectivity index (χ2n) is 5.68. The minimum atomic E-state index is 0.101. The quantitative estimate of drug-likeness (QED) is 0.816. The van der Waals surface area contributed by atoms with Gasteiger partial charge in [-0.15, -0.1) is 0 Å². The third-order valence-corrected chi connectivity index (χ3v) is 4.01. The van der Waals surface area contributed by atoms with Gasteiger partial charge in [-0.05, 0) is 49.8 Å². The molecule has 4 nitrogen and oxygen atoms in total. The van der Waals surface area contributed by atoms with Crippen LogP contribution in [0.1, 0.15) is 37.7 Å². The van der Waals surface area contributed by atoms with Crippen LogP contribution in [0, 0.1) is 0 Å². The standard InChI is InChI=1S/C15H21N3O/c16-12-6-4-11(5-7-12)10-18(14-8-9-14)15(19)17-13-2-1-3-13/h4-7,13-14H,1-3,8-10,16H2,(H,17,19). The minimum absolute atomic E-state index is 0.101. The summed E-state index contributed by atoms with van der Waals surface area (Å²) in [6.45, 7) is 0.684. The smallest absolute Gasteiger partial charge is 0.318 e. The monoisotopic (exact) mass is 259 g/mol. The molecule has 2 aliphatic rings. The second-order valence-corrected chi connectivity index (χ2v) is 5.68. The van der Waals surface area contributed by atoms with Crippen LogP contribution in [0.25, 0.3) is 0 Å². The number of rotatable bonds is 4. The maximum atomic E-state index is 12.3. The van der Waals surface area contributed by atoms with Crippen molar-refractivity contribution in [3.63, 3.8) is 0 Å². The molecule has 0 heterocycles. The minimum Gasteiger partial charge on any atom is -0.399 e. The van der Waals surface area contributed by atoms with E-state index in [0.29, 0.717) is 18.6 Å². The van der Waals surface area contributed by atoms with Gasteiger partial charge in [0, 0.05) is 24.3 Å². The molecule has 3 N–H and O–H groups in total. The summed E-state index contributed by atoms with van der Waals surface area (Å²) in [4.78, 5) is 14.3. The van der Waals surface area contributed by atoms with Crippen molar-refractivity contribution >= 4 is 11.7 Å². The van der Waals surface area contributed by atoms with Gasteiger partial charge >= 0.3 is 6.03 Å². The van der Waals surface area contributed by atoms with E-state index in [-0.39, 0.29) is 6.03 Å². The molecule has 4 heteroatoms. The first-order valence-electron chi connectivity index (χ1n) is 7.14. The molecule has 2 amide bonds. The van der Waals surface area contributed by atoms with Gasteiger partial charge in [0.15, 0.2) is 0 Å². The van der Waals surface area contributed by atoms with Gasteiger partial charge in [0.1, 0.15) is 0 Å². The Hall–Kier alpha value is -1.71. The summed E-state index contributed by atoms with van der Waals surface area (Å²) < 4.78 is 0. The van der Waals surface area contributed by atoms with Crippen LogP contribution in [0.4, 0.5) is 10.5 Å². The molecule has 0 bridgehead atoms. The molecule has 19 heavy (non-hydrogen) atoms. The van der Waals surface area contributed by atoms with Crippen LogP contribution in [0.2, 0.25) is 0 Å². The van der Waals surface area contributed by atoms with E-state index in [4.69, 9.17) is 5.73 Å². The van der Waals surface area contributed by atoms with Crippen molar-refractivity contribution < 1.29 is 4.79 Å². The van der Waals surface area contributed by atoms with Gasteiger partial charge in [-0.25, -0.2) is 4.79 Å². The van der Waals surface area contributed by atoms with Crippen LogP contribution < -0.4 is 11.1 Å². The number of urea groups is 1. The Kier molecular flexibility index (Phi) is 3.32. The zero-order valence-corrected chi connectivity index (χ0v) is 11.1. The molecule has 2 fully saturated rings. The van der Waals surface area contributed by atoms with Crippen molar-refractivity contribution in [2.45, 2.75) is 50.7 Å². The summed E-state index contributed by atoms with van der Waals surface area (Å²) in [5.41, 5.74) is 7.60. The number of carbonyl (C=O) groups is 1. The summed E-state index contributed by atoms with van der Waals surface area (Å²) in [5, 5.41) is 3.13. The fraction of sp³-hybridized carbons (Fsp3) is 0.533. The lowest BCUT2D eigenvalue weighted by Gasteiger charge is -2.31. The second kappa shape index (κ2) is 5.11. The lowest BCUT2D eigenvalue weighted by Crippen LogP contribution is -2.47. The van der Waals surface area contributed by atoms with E-state index < -0.39 is 0 Å². The summed E-state index contributed by atoms with van der Waals surface area (Å²) in [7, 11) is 0. The number of nitrogen functional groups attached to an aromatic ring is 1. The average molecular weight is 259 g/mol. The molecule has 0 atom stereocenters. The Morgan fingerprint density at radius 2 is 1.89 bits per heavy atom. The third kappa shape index (κ3) is 3.00. The third-order valence-electron chi connectivity index (χ3n) is 4.01. The van der Waals surface area contributed by atoms with Crippen molar-refractivity contribution in [1.82, 2.24) is 10.2 Å². The highest BCUT2D eigenvalue weighted by Crippen LogP contribution is 2.29. The Morgan fingerprint density at radius 3 is 2.42 bits per heavy atom. The Balaban J connectivity index is 1.63. The van der Waals surface area contributed by atoms with Gasteiger partial charge in [-0.3, -0.25) is 0 Å². The highest BCUT2D eigenvalue weighted by atomic mass is 16.2. The van der Waals surface area contributed by atoms with Gasteiger partial charge in [-0.2, -0.15) is 0 Å². The number of carbonyl (C=O) groups excluding carboxylic acids is 1. The number of anilines is 1. The van der Waals surface area contributed by atoms with Gasteiger partial charge in [-0.1, -0.05) is 12.1 Å². The molecule has 1 aromatic carbocycles. The number of hydrogen-bond acceptors (Lipinski definition) is 2. The summed E-state index contributed by atoms with van der Waals surface area (Å²) >= 11 is 0. The largest absolute Gasteiger partial charge is 0.399 e. The Bertz CT molecular complexity index is 449. The molecule has 0 aromatic heterocycles. The first-order valence-corrected chi connectivity index (χ1v) is 7.14. The fourth-order valence-corrected chi connectivity index (χ4v) is 2.38. The molecule has 0 unspecified atom stereocenters. The van der Waals surface area contributed by atoms with Crippen molar-refractivity contribution in [3.8, 4) is 0 Å². The van der Waals surface area contributed by atoms with E-state index in [0.717, 1.165) is 36.9 Å². The van der Waals surface area contributed by atoms with Crippen LogP contribution >= 0.6 is 0 Å². The normalized spacial score (nSPS) is 18.7. The lowest BCUT2D eigenvalue weighted by atomic mass is 9.93. The molecule has 0 aliphatic heterocycles. The summed E-state index contributed by atoms with van der Waals surface area (Å²) in [6, 6.07) is 8.72. The van der Waals surface area contributed by atoms with E-state index in [1.807, 2.05) is 29.2 Å². The number of nitrogens with zero attached hydrogens (tertiary/aromatic N) is 1. The predicted octanol–water partition coefficient (Wildman–Crippen LogP) is 2.50. The van der Waals surface area contributed by atoms with Gasteiger partial charge in [0.2, 0.25) is 0 Å². The zero-order valence-electron chi connectivity index (χ0n) is 11.1. The maximum Gasteiger partial charge on any atom is 0.318 e. The van der Waals surface area contributed by atoms with Crippen LogP contribution in [-0.4, -0.2) is 23.0 Å². The predicted molar refractivity (Wildman–Crippen MR) is 75.6 cm³/mol. The van der Waals surface area contributed by atoms with E-state index in [9.17, 15) is 4.79 Å². The van der Waals surface area contributed by atoms with E-state index in [1.54, 1.807) is 0 Å². The molecule has 2 saturated carbocycles. The van der Waals surface area contributed by atoms with Crippen molar-refractivity contribution in [2.75, 3.05) is 5.73 Å². The van der Waals surface area contributed by atoms with Crippen molar-refractivity contribution in [1.29, 1.82) is 0 Å². The van der Waals surface area contributed by atoms with Gasteiger partial charge in [0.25, 0.3) is 0 Å². The topological polar surface area (TPSA) is 58.4 Å². The fourth-order valence-electron chi connectivity index (χ4n) is 2.38. The molecule has 0 spiro atoms. The number of amides is 2. The SMILES string of the molecule is Nc1ccc(CN(C(=O)NC2CCC2)C2CC2)cc1. The van der Waals surface area contributed by atoms with Gasteiger partial charge < -0.3 is 16.0 Å². The molecule has 0 saturated heterocycles. The van der Waals surface area contributed by atoms with E-state index in [1.165, 1.54) is 6.42 Å². The van der Waals surface area contributed by atoms with Crippen LogP contribution in [0.5, 0.6) is 0 Å². The Labute approximate surface area is 114 Å². The first kappa shape index (κ1) is 12.3. The molecule has 102 valence electrons. The summed E-state index contributed by atoms with van der Waals surface area (Å²) in [6.07, 6.45) is 5.77. The molecule has 1 aromatic rings. The molecule has 0 radical (unpaired) electrons. The van der Waals surface area contributed by atoms with Gasteiger partial charge in [0.05, 0.1) is 0 Å². The summed E-state index contributed by atoms with van der Waals surface area (Å²) in [5.74, 6) is 0. The molecule has 2 aliphatic carbocycles. The lowest BCUT2D eigenvalue weighted by molar-refractivity contribution is 0.180. The number of nitrogens with two attached hydrogens (primary N) is 1. The van der Waals surface area contributed by atoms with Crippen molar-refractivity contribution in [2.24, 2.45) is 0 Å². The number of nitrogens with one attached hydrogen (secondary N) is 1. The van der Waals surface area contributed by atoms with E-state index >= 15 is 0 Å². The number of benzene rings is 1. The van der Waals surface area contributed by atoms with Crippen molar-refractivity contribution in [3.05, 3.63) is 29.8 Å². The maximum absolute atomic E-state index is 12.3. The zero-order chi connectivity index (χ0) is 13.2. The van der Waals surface area contributed by atoms with Crippen LogP contribution in [-0.2, 0) is 6.54 Å². The van der Waals surface area contributed by atoms with Crippen LogP contribution in [0.15, 0.2) is 24.3 Å². The molecular weight excluding hydrogens is 238 g/mol. The average Bonchev–Trinajstić information content (AvgIpc) is 3.17. The molecule has 3 rings (SSSR count).